The van der Waals surface area contributed by atoms with E-state index in [0.717, 1.165) is 32.6 Å². The highest BCUT2D eigenvalue weighted by molar-refractivity contribution is 5.87. The third kappa shape index (κ3) is 5.74. The number of nitrogens with one attached hydrogen (secondary N) is 3. The molecule has 2 amide bonds. The first kappa shape index (κ1) is 19.2. The topological polar surface area (TPSA) is 65.9 Å². The number of quaternary nitrogens is 1. The van der Waals surface area contributed by atoms with Gasteiger partial charge in [0.15, 0.2) is 6.54 Å². The lowest BCUT2D eigenvalue weighted by molar-refractivity contribution is -0.892. The fraction of sp³-hybridized carbons (Fsp3) is 0.579. The highest BCUT2D eigenvalue weighted by Crippen LogP contribution is 2.18. The summed E-state index contributed by atoms with van der Waals surface area (Å²) in [7, 11) is 0. The maximum Gasteiger partial charge on any atom is 0.275 e. The van der Waals surface area contributed by atoms with Crippen LogP contribution >= 0.6 is 0 Å². The van der Waals surface area contributed by atoms with Crippen LogP contribution in [-0.4, -0.2) is 57.1 Å². The number of nitrogens with zero attached hydrogens (tertiary/aromatic N) is 1. The number of para-hydroxylation sites is 1. The summed E-state index contributed by atoms with van der Waals surface area (Å²) in [5, 5.41) is 5.61. The van der Waals surface area contributed by atoms with Crippen molar-refractivity contribution in [1.29, 1.82) is 0 Å². The zero-order valence-corrected chi connectivity index (χ0v) is 15.6. The van der Waals surface area contributed by atoms with Crippen molar-refractivity contribution >= 4 is 17.5 Å². The second kappa shape index (κ2) is 9.42. The molecule has 138 valence electrons. The molecule has 0 spiro atoms. The van der Waals surface area contributed by atoms with Gasteiger partial charge in [-0.05, 0) is 31.9 Å². The Morgan fingerprint density at radius 1 is 1.24 bits per heavy atom. The second-order valence-corrected chi connectivity index (χ2v) is 6.78. The van der Waals surface area contributed by atoms with Gasteiger partial charge in [-0.3, -0.25) is 9.59 Å². The summed E-state index contributed by atoms with van der Waals surface area (Å²) in [6.45, 7) is 10.7. The van der Waals surface area contributed by atoms with Gasteiger partial charge < -0.3 is 20.4 Å². The van der Waals surface area contributed by atoms with Crippen LogP contribution in [0.1, 0.15) is 25.8 Å². The van der Waals surface area contributed by atoms with E-state index in [1.807, 2.05) is 6.92 Å². The van der Waals surface area contributed by atoms with E-state index in [1.54, 1.807) is 6.92 Å². The Kier molecular flexibility index (Phi) is 7.25. The Bertz CT molecular complexity index is 583. The number of aryl methyl sites for hydroxylation is 1. The monoisotopic (exact) mass is 347 g/mol. The van der Waals surface area contributed by atoms with Gasteiger partial charge in [0.2, 0.25) is 5.91 Å². The molecule has 0 radical (unpaired) electrons. The molecule has 0 saturated carbocycles. The molecule has 2 rings (SSSR count). The van der Waals surface area contributed by atoms with Gasteiger partial charge in [-0.25, -0.2) is 0 Å². The Morgan fingerprint density at radius 2 is 1.92 bits per heavy atom. The first-order valence-corrected chi connectivity index (χ1v) is 9.22. The van der Waals surface area contributed by atoms with E-state index in [0.29, 0.717) is 13.1 Å². The number of benzene rings is 1. The first-order valence-electron chi connectivity index (χ1n) is 9.22. The Hall–Kier alpha value is -2.08. The first-order chi connectivity index (χ1) is 12.0. The number of hydrogen-bond acceptors (Lipinski definition) is 3. The summed E-state index contributed by atoms with van der Waals surface area (Å²) in [4.78, 5) is 27.7. The molecule has 1 aromatic carbocycles. The normalized spacial score (nSPS) is 16.4. The van der Waals surface area contributed by atoms with Crippen LogP contribution < -0.4 is 20.4 Å². The van der Waals surface area contributed by atoms with E-state index in [9.17, 15) is 9.59 Å². The minimum Gasteiger partial charge on any atom is -0.360 e. The maximum atomic E-state index is 12.2. The molecule has 0 aliphatic carbocycles. The number of carbonyl (C=O) groups excluding carboxylic acids is 2. The fourth-order valence-corrected chi connectivity index (χ4v) is 3.15. The molecule has 1 aromatic rings. The van der Waals surface area contributed by atoms with Crippen molar-refractivity contribution in [1.82, 2.24) is 10.6 Å². The van der Waals surface area contributed by atoms with Crippen LogP contribution in [0.15, 0.2) is 24.3 Å². The molecule has 3 N–H and O–H groups in total. The fourth-order valence-electron chi connectivity index (χ4n) is 3.15. The van der Waals surface area contributed by atoms with Crippen molar-refractivity contribution in [3.8, 4) is 0 Å². The van der Waals surface area contributed by atoms with Crippen molar-refractivity contribution in [2.45, 2.75) is 33.2 Å². The van der Waals surface area contributed by atoms with Crippen LogP contribution in [0.4, 0.5) is 5.69 Å². The van der Waals surface area contributed by atoms with Crippen molar-refractivity contribution in [2.24, 2.45) is 0 Å². The Balaban J connectivity index is 1.75. The molecule has 6 heteroatoms. The van der Waals surface area contributed by atoms with Gasteiger partial charge in [0, 0.05) is 12.2 Å². The number of amides is 2. The lowest BCUT2D eigenvalue weighted by Crippen LogP contribution is -3.16. The van der Waals surface area contributed by atoms with Crippen molar-refractivity contribution in [2.75, 3.05) is 44.2 Å². The van der Waals surface area contributed by atoms with E-state index in [4.69, 9.17) is 0 Å². The molecular formula is C19H31N4O2+. The molecule has 1 heterocycles. The largest absolute Gasteiger partial charge is 0.360 e. The van der Waals surface area contributed by atoms with E-state index >= 15 is 0 Å². The van der Waals surface area contributed by atoms with Crippen LogP contribution in [0.5, 0.6) is 0 Å². The average Bonchev–Trinajstić information content (AvgIpc) is 2.60. The van der Waals surface area contributed by atoms with Crippen molar-refractivity contribution < 1.29 is 14.5 Å². The molecule has 25 heavy (non-hydrogen) atoms. The van der Waals surface area contributed by atoms with Crippen LogP contribution in [0.25, 0.3) is 0 Å². The van der Waals surface area contributed by atoms with E-state index in [1.165, 1.54) is 16.2 Å². The lowest BCUT2D eigenvalue weighted by Gasteiger charge is -2.34. The van der Waals surface area contributed by atoms with Gasteiger partial charge in [-0.2, -0.15) is 0 Å². The minimum absolute atomic E-state index is 0.0570. The van der Waals surface area contributed by atoms with Crippen LogP contribution in [0, 0.1) is 6.92 Å². The minimum atomic E-state index is -0.480. The lowest BCUT2D eigenvalue weighted by atomic mass is 10.1. The molecule has 6 nitrogen and oxygen atoms in total. The van der Waals surface area contributed by atoms with Gasteiger partial charge in [0.25, 0.3) is 5.91 Å². The van der Waals surface area contributed by atoms with Gasteiger partial charge in [0.1, 0.15) is 6.04 Å². The summed E-state index contributed by atoms with van der Waals surface area (Å²) in [5.74, 6) is -0.173. The standard InChI is InChI=1S/C19H30N4O2/c1-4-9-20-19(25)16(3)21-18(24)14-22-10-12-23(13-11-22)17-8-6-5-7-15(17)2/h5-8,16H,4,9-14H2,1-3H3,(H,20,25)(H,21,24)/p+1/t16-/m1/s1. The van der Waals surface area contributed by atoms with Crippen LogP contribution in [-0.2, 0) is 9.59 Å². The number of rotatable bonds is 7. The average molecular weight is 347 g/mol. The summed E-state index contributed by atoms with van der Waals surface area (Å²) in [6, 6.07) is 7.94. The zero-order chi connectivity index (χ0) is 18.2. The number of piperazine rings is 1. The predicted molar refractivity (Wildman–Crippen MR) is 99.9 cm³/mol. The quantitative estimate of drug-likeness (QED) is 0.636. The molecule has 1 aliphatic heterocycles. The molecule has 1 atom stereocenters. The van der Waals surface area contributed by atoms with E-state index < -0.39 is 6.04 Å². The molecule has 1 saturated heterocycles. The molecular weight excluding hydrogens is 316 g/mol. The molecule has 0 bridgehead atoms. The molecule has 0 unspecified atom stereocenters. The van der Waals surface area contributed by atoms with Crippen molar-refractivity contribution in [3.63, 3.8) is 0 Å². The number of anilines is 1. The predicted octanol–water partition coefficient (Wildman–Crippen LogP) is -0.269. The highest BCUT2D eigenvalue weighted by Gasteiger charge is 2.24. The van der Waals surface area contributed by atoms with E-state index in [2.05, 4.69) is 46.7 Å². The maximum absolute atomic E-state index is 12.2. The summed E-state index contributed by atoms with van der Waals surface area (Å²) >= 11 is 0. The molecule has 1 fully saturated rings. The smallest absolute Gasteiger partial charge is 0.275 e. The van der Waals surface area contributed by atoms with Gasteiger partial charge in [-0.1, -0.05) is 25.1 Å². The van der Waals surface area contributed by atoms with E-state index in [-0.39, 0.29) is 11.8 Å². The number of hydrogen-bond donors (Lipinski definition) is 3. The zero-order valence-electron chi connectivity index (χ0n) is 15.6. The van der Waals surface area contributed by atoms with Gasteiger partial charge in [-0.15, -0.1) is 0 Å². The molecule has 0 aromatic heterocycles. The van der Waals surface area contributed by atoms with Crippen LogP contribution in [0.3, 0.4) is 0 Å². The molecule has 1 aliphatic rings. The number of carbonyl (C=O) groups is 2. The summed E-state index contributed by atoms with van der Waals surface area (Å²) in [6.07, 6.45) is 0.891. The highest BCUT2D eigenvalue weighted by atomic mass is 16.2. The Labute approximate surface area is 150 Å². The van der Waals surface area contributed by atoms with Gasteiger partial charge >= 0.3 is 0 Å². The summed E-state index contributed by atoms with van der Waals surface area (Å²) in [5.41, 5.74) is 2.57. The Morgan fingerprint density at radius 3 is 2.56 bits per heavy atom. The van der Waals surface area contributed by atoms with Crippen molar-refractivity contribution in [3.05, 3.63) is 29.8 Å². The van der Waals surface area contributed by atoms with Crippen LogP contribution in [0.2, 0.25) is 0 Å². The summed E-state index contributed by atoms with van der Waals surface area (Å²) < 4.78 is 0. The SMILES string of the molecule is CCCNC(=O)[C@@H](C)NC(=O)C[NH+]1CCN(c2ccccc2C)CC1. The third-order valence-electron chi connectivity index (χ3n) is 4.66. The second-order valence-electron chi connectivity index (χ2n) is 6.78. The van der Waals surface area contributed by atoms with Gasteiger partial charge in [0.05, 0.1) is 26.2 Å². The third-order valence-corrected chi connectivity index (χ3v) is 4.66.